The minimum Gasteiger partial charge on any atom is -0.481 e. The second-order valence-electron chi connectivity index (χ2n) is 5.30. The fourth-order valence-corrected chi connectivity index (χ4v) is 2.45. The summed E-state index contributed by atoms with van der Waals surface area (Å²) in [6, 6.07) is 12.7. The minimum atomic E-state index is -0.346. The number of amides is 1. The zero-order valence-electron chi connectivity index (χ0n) is 13.5. The van der Waals surface area contributed by atoms with E-state index < -0.39 is 0 Å². The van der Waals surface area contributed by atoms with Crippen molar-refractivity contribution in [2.24, 2.45) is 7.05 Å². The van der Waals surface area contributed by atoms with Gasteiger partial charge in [0.05, 0.1) is 12.7 Å². The van der Waals surface area contributed by atoms with Crippen LogP contribution in [-0.4, -0.2) is 27.6 Å². The van der Waals surface area contributed by atoms with Gasteiger partial charge in [0.2, 0.25) is 5.88 Å². The summed E-state index contributed by atoms with van der Waals surface area (Å²) in [6.07, 6.45) is 5.06. The number of aromatic nitrogens is 3. The van der Waals surface area contributed by atoms with Gasteiger partial charge < -0.3 is 14.6 Å². The molecule has 24 heavy (non-hydrogen) atoms. The molecule has 2 heterocycles. The number of benzene rings is 1. The fourth-order valence-electron chi connectivity index (χ4n) is 2.45. The van der Waals surface area contributed by atoms with Crippen LogP contribution in [0.2, 0.25) is 0 Å². The Bertz CT molecular complexity index is 813. The SMILES string of the molecule is COc1ccc(C(=O)N[C@@H](c2ccccc2)c2nccn2C)cn1. The molecule has 2 aromatic heterocycles. The van der Waals surface area contributed by atoms with Gasteiger partial charge >= 0.3 is 0 Å². The highest BCUT2D eigenvalue weighted by Crippen LogP contribution is 2.21. The molecular formula is C18H18N4O2. The summed E-state index contributed by atoms with van der Waals surface area (Å²) in [5.74, 6) is 1.01. The molecule has 122 valence electrons. The first-order valence-electron chi connectivity index (χ1n) is 7.52. The molecule has 1 N–H and O–H groups in total. The lowest BCUT2D eigenvalue weighted by atomic mass is 10.1. The van der Waals surface area contributed by atoms with Crippen molar-refractivity contribution in [3.63, 3.8) is 0 Å². The molecule has 0 bridgehead atoms. The van der Waals surface area contributed by atoms with E-state index >= 15 is 0 Å². The van der Waals surface area contributed by atoms with E-state index in [0.717, 1.165) is 11.4 Å². The van der Waals surface area contributed by atoms with Gasteiger partial charge in [0, 0.05) is 31.7 Å². The van der Waals surface area contributed by atoms with Gasteiger partial charge in [-0.15, -0.1) is 0 Å². The van der Waals surface area contributed by atoms with Crippen LogP contribution in [0.1, 0.15) is 27.8 Å². The lowest BCUT2D eigenvalue weighted by molar-refractivity contribution is 0.0940. The van der Waals surface area contributed by atoms with Gasteiger partial charge in [0.1, 0.15) is 11.9 Å². The number of pyridine rings is 1. The molecule has 3 rings (SSSR count). The molecule has 1 atom stereocenters. The van der Waals surface area contributed by atoms with Gasteiger partial charge in [0.25, 0.3) is 5.91 Å². The Morgan fingerprint density at radius 1 is 1.17 bits per heavy atom. The summed E-state index contributed by atoms with van der Waals surface area (Å²) < 4.78 is 6.91. The van der Waals surface area contributed by atoms with Crippen LogP contribution in [0.3, 0.4) is 0 Å². The maximum Gasteiger partial charge on any atom is 0.253 e. The van der Waals surface area contributed by atoms with Crippen molar-refractivity contribution in [3.8, 4) is 5.88 Å². The number of ether oxygens (including phenoxy) is 1. The predicted octanol–water partition coefficient (Wildman–Crippen LogP) is 2.34. The van der Waals surface area contributed by atoms with Crippen LogP contribution in [0.25, 0.3) is 0 Å². The van der Waals surface area contributed by atoms with Crippen molar-refractivity contribution < 1.29 is 9.53 Å². The number of hydrogen-bond donors (Lipinski definition) is 1. The molecule has 0 radical (unpaired) electrons. The summed E-state index contributed by atoms with van der Waals surface area (Å²) in [5.41, 5.74) is 1.42. The first kappa shape index (κ1) is 15.7. The smallest absolute Gasteiger partial charge is 0.253 e. The Balaban J connectivity index is 1.89. The van der Waals surface area contributed by atoms with E-state index in [1.807, 2.05) is 48.1 Å². The Morgan fingerprint density at radius 3 is 2.54 bits per heavy atom. The van der Waals surface area contributed by atoms with E-state index in [0.29, 0.717) is 11.4 Å². The topological polar surface area (TPSA) is 69.0 Å². The molecule has 0 saturated carbocycles. The largest absolute Gasteiger partial charge is 0.481 e. The Kier molecular flexibility index (Phi) is 4.56. The summed E-state index contributed by atoms with van der Waals surface area (Å²) in [6.45, 7) is 0. The van der Waals surface area contributed by atoms with E-state index in [1.54, 1.807) is 18.3 Å². The number of nitrogens with one attached hydrogen (secondary N) is 1. The Labute approximate surface area is 140 Å². The third-order valence-electron chi connectivity index (χ3n) is 3.73. The third-order valence-corrected chi connectivity index (χ3v) is 3.73. The van der Waals surface area contributed by atoms with Crippen molar-refractivity contribution in [2.75, 3.05) is 7.11 Å². The number of imidazole rings is 1. The van der Waals surface area contributed by atoms with Crippen molar-refractivity contribution in [1.29, 1.82) is 0 Å². The molecule has 0 aliphatic heterocycles. The fraction of sp³-hybridized carbons (Fsp3) is 0.167. The highest BCUT2D eigenvalue weighted by molar-refractivity contribution is 5.94. The second kappa shape index (κ2) is 6.95. The number of methoxy groups -OCH3 is 1. The van der Waals surface area contributed by atoms with Gasteiger partial charge in [0.15, 0.2) is 0 Å². The van der Waals surface area contributed by atoms with Crippen LogP contribution in [0.15, 0.2) is 61.1 Å². The van der Waals surface area contributed by atoms with E-state index in [9.17, 15) is 4.79 Å². The molecule has 0 unspecified atom stereocenters. The van der Waals surface area contributed by atoms with Crippen molar-refractivity contribution in [1.82, 2.24) is 19.9 Å². The number of carbonyl (C=O) groups excluding carboxylic acids is 1. The number of nitrogens with zero attached hydrogens (tertiary/aromatic N) is 3. The number of rotatable bonds is 5. The van der Waals surface area contributed by atoms with Gasteiger partial charge in [-0.2, -0.15) is 0 Å². The van der Waals surface area contributed by atoms with Gasteiger partial charge in [-0.05, 0) is 11.6 Å². The minimum absolute atomic E-state index is 0.220. The number of carbonyl (C=O) groups is 1. The summed E-state index contributed by atoms with van der Waals surface area (Å²) in [7, 11) is 3.44. The van der Waals surface area contributed by atoms with E-state index in [-0.39, 0.29) is 11.9 Å². The van der Waals surface area contributed by atoms with E-state index in [2.05, 4.69) is 15.3 Å². The maximum atomic E-state index is 12.6. The van der Waals surface area contributed by atoms with Crippen molar-refractivity contribution in [2.45, 2.75) is 6.04 Å². The van der Waals surface area contributed by atoms with Crippen LogP contribution >= 0.6 is 0 Å². The zero-order valence-corrected chi connectivity index (χ0v) is 13.5. The molecule has 6 nitrogen and oxygen atoms in total. The molecule has 6 heteroatoms. The zero-order chi connectivity index (χ0) is 16.9. The Hall–Kier alpha value is -3.15. The van der Waals surface area contributed by atoms with Crippen LogP contribution < -0.4 is 10.1 Å². The predicted molar refractivity (Wildman–Crippen MR) is 89.7 cm³/mol. The molecule has 0 fully saturated rings. The van der Waals surface area contributed by atoms with Gasteiger partial charge in [-0.1, -0.05) is 30.3 Å². The summed E-state index contributed by atoms with van der Waals surface area (Å²) >= 11 is 0. The normalized spacial score (nSPS) is 11.8. The summed E-state index contributed by atoms with van der Waals surface area (Å²) in [4.78, 5) is 21.1. The average molecular weight is 322 g/mol. The number of hydrogen-bond acceptors (Lipinski definition) is 4. The van der Waals surface area contributed by atoms with E-state index in [1.165, 1.54) is 13.3 Å². The van der Waals surface area contributed by atoms with Gasteiger partial charge in [-0.3, -0.25) is 4.79 Å². The second-order valence-corrected chi connectivity index (χ2v) is 5.30. The average Bonchev–Trinajstić information content (AvgIpc) is 3.06. The molecule has 1 aromatic carbocycles. The maximum absolute atomic E-state index is 12.6. The molecule has 3 aromatic rings. The highest BCUT2D eigenvalue weighted by Gasteiger charge is 2.21. The molecule has 1 amide bonds. The summed E-state index contributed by atoms with van der Waals surface area (Å²) in [5, 5.41) is 3.03. The molecule has 0 saturated heterocycles. The molecule has 0 aliphatic carbocycles. The highest BCUT2D eigenvalue weighted by atomic mass is 16.5. The van der Waals surface area contributed by atoms with Gasteiger partial charge in [-0.25, -0.2) is 9.97 Å². The van der Waals surface area contributed by atoms with Crippen LogP contribution in [0, 0.1) is 0 Å². The van der Waals surface area contributed by atoms with Crippen LogP contribution in [0.5, 0.6) is 5.88 Å². The van der Waals surface area contributed by atoms with Crippen LogP contribution in [0.4, 0.5) is 0 Å². The molecule has 0 spiro atoms. The van der Waals surface area contributed by atoms with E-state index in [4.69, 9.17) is 4.74 Å². The van der Waals surface area contributed by atoms with Crippen molar-refractivity contribution in [3.05, 3.63) is 78.0 Å². The Morgan fingerprint density at radius 2 is 1.96 bits per heavy atom. The first-order valence-corrected chi connectivity index (χ1v) is 7.52. The number of aryl methyl sites for hydroxylation is 1. The quantitative estimate of drug-likeness (QED) is 0.783. The first-order chi connectivity index (χ1) is 11.7. The molecular weight excluding hydrogens is 304 g/mol. The molecule has 0 aliphatic rings. The van der Waals surface area contributed by atoms with Crippen LogP contribution in [-0.2, 0) is 7.05 Å². The lowest BCUT2D eigenvalue weighted by Gasteiger charge is -2.19. The monoisotopic (exact) mass is 322 g/mol. The lowest BCUT2D eigenvalue weighted by Crippen LogP contribution is -2.31. The standard InChI is InChI=1S/C18H18N4O2/c1-22-11-10-19-17(22)16(13-6-4-3-5-7-13)21-18(23)14-8-9-15(24-2)20-12-14/h3-12,16H,1-2H3,(H,21,23)/t16-/m0/s1. The third kappa shape index (κ3) is 3.27. The van der Waals surface area contributed by atoms with Crippen molar-refractivity contribution >= 4 is 5.91 Å².